The van der Waals surface area contributed by atoms with Crippen molar-refractivity contribution in [1.82, 2.24) is 25.5 Å². The number of rotatable bonds is 5. The van der Waals surface area contributed by atoms with Crippen molar-refractivity contribution in [3.8, 4) is 0 Å². The second-order valence-corrected chi connectivity index (χ2v) is 5.17. The van der Waals surface area contributed by atoms with E-state index in [0.717, 1.165) is 5.56 Å². The van der Waals surface area contributed by atoms with Crippen LogP contribution in [0, 0.1) is 0 Å². The Morgan fingerprint density at radius 2 is 2.20 bits per heavy atom. The lowest BCUT2D eigenvalue weighted by Gasteiger charge is -2.18. The van der Waals surface area contributed by atoms with Crippen LogP contribution in [0.4, 0.5) is 0 Å². The molecule has 104 valence electrons. The van der Waals surface area contributed by atoms with E-state index in [1.165, 1.54) is 18.4 Å². The Hall–Kier alpha value is -2.24. The first-order valence-electron chi connectivity index (χ1n) is 6.82. The van der Waals surface area contributed by atoms with Gasteiger partial charge in [0.2, 0.25) is 0 Å². The lowest BCUT2D eigenvalue weighted by Crippen LogP contribution is -2.29. The van der Waals surface area contributed by atoms with Crippen molar-refractivity contribution < 1.29 is 4.79 Å². The molecular formula is C14H17N5O. The van der Waals surface area contributed by atoms with Crippen molar-refractivity contribution in [2.75, 3.05) is 13.6 Å². The molecule has 1 amide bonds. The first-order chi connectivity index (χ1) is 9.75. The molecular weight excluding hydrogens is 254 g/mol. The molecule has 0 unspecified atom stereocenters. The van der Waals surface area contributed by atoms with Gasteiger partial charge >= 0.3 is 0 Å². The van der Waals surface area contributed by atoms with Crippen LogP contribution in [0.15, 0.2) is 24.3 Å². The number of tetrazole rings is 1. The Balaban J connectivity index is 1.68. The Kier molecular flexibility index (Phi) is 3.45. The van der Waals surface area contributed by atoms with Gasteiger partial charge in [0.05, 0.1) is 0 Å². The molecule has 20 heavy (non-hydrogen) atoms. The van der Waals surface area contributed by atoms with Crippen LogP contribution < -0.4 is 0 Å². The highest BCUT2D eigenvalue weighted by molar-refractivity contribution is 5.95. The zero-order valence-electron chi connectivity index (χ0n) is 11.4. The van der Waals surface area contributed by atoms with Crippen molar-refractivity contribution in [1.29, 1.82) is 0 Å². The number of hydrogen-bond donors (Lipinski definition) is 1. The number of nitrogens with zero attached hydrogens (tertiary/aromatic N) is 4. The number of nitrogens with one attached hydrogen (secondary N) is 1. The molecule has 1 fully saturated rings. The number of aromatic amines is 1. The minimum atomic E-state index is 0.0657. The lowest BCUT2D eigenvalue weighted by molar-refractivity contribution is 0.0795. The second-order valence-electron chi connectivity index (χ2n) is 5.17. The summed E-state index contributed by atoms with van der Waals surface area (Å²) in [6.07, 6.45) is 2.98. The van der Waals surface area contributed by atoms with Crippen LogP contribution in [0.3, 0.4) is 0 Å². The number of hydrogen-bond acceptors (Lipinski definition) is 4. The molecule has 1 saturated carbocycles. The highest BCUT2D eigenvalue weighted by atomic mass is 16.2. The van der Waals surface area contributed by atoms with Crippen molar-refractivity contribution in [2.45, 2.75) is 25.2 Å². The van der Waals surface area contributed by atoms with Crippen LogP contribution in [0.5, 0.6) is 0 Å². The molecule has 1 heterocycles. The fraction of sp³-hybridized carbons (Fsp3) is 0.429. The molecule has 1 aliphatic rings. The van der Waals surface area contributed by atoms with Gasteiger partial charge in [0, 0.05) is 25.6 Å². The summed E-state index contributed by atoms with van der Waals surface area (Å²) in [4.78, 5) is 14.2. The molecule has 1 aliphatic carbocycles. The fourth-order valence-corrected chi connectivity index (χ4v) is 2.31. The van der Waals surface area contributed by atoms with Gasteiger partial charge in [-0.1, -0.05) is 23.4 Å². The number of aromatic nitrogens is 4. The number of amides is 1. The number of likely N-dealkylation sites (N-methyl/N-ethyl adjacent to an activating group) is 1. The van der Waals surface area contributed by atoms with Gasteiger partial charge in [-0.3, -0.25) is 4.79 Å². The van der Waals surface area contributed by atoms with Gasteiger partial charge in [0.1, 0.15) is 0 Å². The lowest BCUT2D eigenvalue weighted by atomic mass is 10.0. The van der Waals surface area contributed by atoms with Gasteiger partial charge in [-0.15, -0.1) is 10.2 Å². The Labute approximate surface area is 117 Å². The molecule has 0 atom stereocenters. The largest absolute Gasteiger partial charge is 0.341 e. The van der Waals surface area contributed by atoms with E-state index < -0.39 is 0 Å². The summed E-state index contributed by atoms with van der Waals surface area (Å²) in [5.74, 6) is 1.26. The zero-order valence-corrected chi connectivity index (χ0v) is 11.4. The van der Waals surface area contributed by atoms with Crippen LogP contribution in [-0.2, 0) is 6.42 Å². The van der Waals surface area contributed by atoms with E-state index in [4.69, 9.17) is 0 Å². The van der Waals surface area contributed by atoms with Crippen molar-refractivity contribution >= 4 is 5.91 Å². The van der Waals surface area contributed by atoms with Gasteiger partial charge in [-0.25, -0.2) is 0 Å². The zero-order chi connectivity index (χ0) is 13.9. The molecule has 0 spiro atoms. The normalized spacial score (nSPS) is 14.2. The van der Waals surface area contributed by atoms with Crippen LogP contribution in [0.2, 0.25) is 0 Å². The molecule has 2 aromatic rings. The van der Waals surface area contributed by atoms with E-state index >= 15 is 0 Å². The summed E-state index contributed by atoms with van der Waals surface area (Å²) < 4.78 is 0. The van der Waals surface area contributed by atoms with Gasteiger partial charge in [0.15, 0.2) is 5.82 Å². The van der Waals surface area contributed by atoms with Gasteiger partial charge < -0.3 is 4.90 Å². The molecule has 3 rings (SSSR count). The Morgan fingerprint density at radius 3 is 2.90 bits per heavy atom. The monoisotopic (exact) mass is 271 g/mol. The third-order valence-corrected chi connectivity index (χ3v) is 3.62. The van der Waals surface area contributed by atoms with E-state index in [1.807, 2.05) is 25.2 Å². The maximum absolute atomic E-state index is 12.5. The Bertz CT molecular complexity index is 591. The molecule has 6 heteroatoms. The van der Waals surface area contributed by atoms with E-state index in [1.54, 1.807) is 4.90 Å². The van der Waals surface area contributed by atoms with Gasteiger partial charge in [-0.2, -0.15) is 5.21 Å². The fourth-order valence-electron chi connectivity index (χ4n) is 2.31. The number of benzene rings is 1. The highest BCUT2D eigenvalue weighted by Crippen LogP contribution is 2.41. The highest BCUT2D eigenvalue weighted by Gasteiger charge is 2.28. The molecule has 1 aromatic carbocycles. The summed E-state index contributed by atoms with van der Waals surface area (Å²) in [7, 11) is 1.81. The average molecular weight is 271 g/mol. The molecule has 0 saturated heterocycles. The molecule has 6 nitrogen and oxygen atoms in total. The minimum absolute atomic E-state index is 0.0657. The first-order valence-corrected chi connectivity index (χ1v) is 6.82. The van der Waals surface area contributed by atoms with Crippen molar-refractivity contribution in [2.24, 2.45) is 0 Å². The molecule has 0 bridgehead atoms. The average Bonchev–Trinajstić information content (AvgIpc) is 3.20. The van der Waals surface area contributed by atoms with E-state index in [2.05, 4.69) is 26.7 Å². The predicted octanol–water partition coefficient (Wildman–Crippen LogP) is 1.39. The van der Waals surface area contributed by atoms with Crippen LogP contribution in [0.1, 0.15) is 40.5 Å². The van der Waals surface area contributed by atoms with Crippen LogP contribution in [0.25, 0.3) is 0 Å². The topological polar surface area (TPSA) is 74.8 Å². The third-order valence-electron chi connectivity index (χ3n) is 3.62. The first kappa shape index (κ1) is 12.8. The summed E-state index contributed by atoms with van der Waals surface area (Å²) in [5.41, 5.74) is 2.01. The van der Waals surface area contributed by atoms with Crippen LogP contribution >= 0.6 is 0 Å². The summed E-state index contributed by atoms with van der Waals surface area (Å²) >= 11 is 0. The minimum Gasteiger partial charge on any atom is -0.341 e. The predicted molar refractivity (Wildman–Crippen MR) is 73.3 cm³/mol. The number of carbonyl (C=O) groups is 1. The van der Waals surface area contributed by atoms with Crippen molar-refractivity contribution in [3.05, 3.63) is 41.2 Å². The Morgan fingerprint density at radius 1 is 1.40 bits per heavy atom. The SMILES string of the molecule is CN(CCc1nn[nH]n1)C(=O)c1ccccc1C1CC1. The molecule has 1 N–H and O–H groups in total. The van der Waals surface area contributed by atoms with Crippen molar-refractivity contribution in [3.63, 3.8) is 0 Å². The maximum Gasteiger partial charge on any atom is 0.253 e. The maximum atomic E-state index is 12.5. The molecule has 0 radical (unpaired) electrons. The van der Waals surface area contributed by atoms with Gasteiger partial charge in [0.25, 0.3) is 5.91 Å². The van der Waals surface area contributed by atoms with E-state index in [-0.39, 0.29) is 5.91 Å². The summed E-state index contributed by atoms with van der Waals surface area (Å²) in [6, 6.07) is 7.91. The van der Waals surface area contributed by atoms with Crippen LogP contribution in [-0.4, -0.2) is 45.0 Å². The number of H-pyrrole nitrogens is 1. The van der Waals surface area contributed by atoms with Gasteiger partial charge in [-0.05, 0) is 30.4 Å². The number of carbonyl (C=O) groups excluding carboxylic acids is 1. The van der Waals surface area contributed by atoms with E-state index in [9.17, 15) is 4.79 Å². The summed E-state index contributed by atoms with van der Waals surface area (Å²) in [5, 5.41) is 13.7. The third kappa shape index (κ3) is 2.68. The second kappa shape index (κ2) is 5.40. The summed E-state index contributed by atoms with van der Waals surface area (Å²) in [6.45, 7) is 0.581. The standard InChI is InChI=1S/C14H17N5O/c1-19(9-8-13-15-17-18-16-13)14(20)12-5-3-2-4-11(12)10-6-7-10/h2-5,10H,6-9H2,1H3,(H,15,16,17,18). The van der Waals surface area contributed by atoms with E-state index in [0.29, 0.717) is 24.7 Å². The smallest absolute Gasteiger partial charge is 0.253 e. The quantitative estimate of drug-likeness (QED) is 0.891. The molecule has 1 aromatic heterocycles. The molecule has 0 aliphatic heterocycles.